The normalized spacial score (nSPS) is 17.2. The first kappa shape index (κ1) is 23.1. The van der Waals surface area contributed by atoms with Crippen molar-refractivity contribution in [3.8, 4) is 11.4 Å². The first-order valence-corrected chi connectivity index (χ1v) is 11.5. The number of piperazine rings is 1. The van der Waals surface area contributed by atoms with Gasteiger partial charge in [-0.15, -0.1) is 0 Å². The van der Waals surface area contributed by atoms with Crippen molar-refractivity contribution in [1.82, 2.24) is 25.3 Å². The predicted molar refractivity (Wildman–Crippen MR) is 125 cm³/mol. The Balaban J connectivity index is 1.43. The van der Waals surface area contributed by atoms with Crippen molar-refractivity contribution < 1.29 is 14.7 Å². The number of carbonyl (C=O) groups excluding carboxylic acids is 1. The van der Waals surface area contributed by atoms with Crippen LogP contribution in [0.5, 0.6) is 0 Å². The van der Waals surface area contributed by atoms with Gasteiger partial charge in [-0.3, -0.25) is 14.9 Å². The Morgan fingerprint density at radius 1 is 0.939 bits per heavy atom. The quantitative estimate of drug-likeness (QED) is 0.226. The summed E-state index contributed by atoms with van der Waals surface area (Å²) in [5.41, 5.74) is 9.15. The molecule has 4 rings (SSSR count). The third kappa shape index (κ3) is 6.28. The highest BCUT2D eigenvalue weighted by molar-refractivity contribution is 5.74. The number of rotatable bonds is 8. The summed E-state index contributed by atoms with van der Waals surface area (Å²) in [5, 5.41) is 8.58. The number of hydroxylamine groups is 1. The minimum Gasteiger partial charge on any atom is -0.399 e. The number of ether oxygens (including phenoxy) is 1. The maximum atomic E-state index is 11.1. The van der Waals surface area contributed by atoms with Gasteiger partial charge in [0.05, 0.1) is 13.2 Å². The number of unbranched alkanes of at least 4 members (excludes halogenated alkanes) is 1. The molecule has 33 heavy (non-hydrogen) atoms. The van der Waals surface area contributed by atoms with Crippen molar-refractivity contribution in [2.75, 3.05) is 74.6 Å². The lowest BCUT2D eigenvalue weighted by Crippen LogP contribution is -2.47. The lowest BCUT2D eigenvalue weighted by Gasteiger charge is -2.35. The molecule has 0 spiro atoms. The molecular weight excluding hydrogens is 424 g/mol. The molecule has 1 aromatic heterocycles. The minimum atomic E-state index is -0.331. The molecule has 4 N–H and O–H groups in total. The van der Waals surface area contributed by atoms with E-state index < -0.39 is 0 Å². The minimum absolute atomic E-state index is 0.331. The molecule has 2 aliphatic heterocycles. The van der Waals surface area contributed by atoms with E-state index in [0.29, 0.717) is 43.0 Å². The highest BCUT2D eigenvalue weighted by Gasteiger charge is 2.23. The van der Waals surface area contributed by atoms with Crippen molar-refractivity contribution >= 4 is 23.5 Å². The van der Waals surface area contributed by atoms with Gasteiger partial charge in [0.2, 0.25) is 17.8 Å². The number of amides is 1. The molecule has 0 aliphatic carbocycles. The molecule has 1 amide bonds. The molecule has 0 saturated carbocycles. The first-order valence-electron chi connectivity index (χ1n) is 11.5. The van der Waals surface area contributed by atoms with Crippen LogP contribution in [0.3, 0.4) is 0 Å². The summed E-state index contributed by atoms with van der Waals surface area (Å²) in [6.45, 7) is 7.23. The molecule has 11 nitrogen and oxygen atoms in total. The summed E-state index contributed by atoms with van der Waals surface area (Å²) in [4.78, 5) is 32.3. The van der Waals surface area contributed by atoms with Crippen LogP contribution in [0.1, 0.15) is 19.3 Å². The van der Waals surface area contributed by atoms with Gasteiger partial charge in [-0.25, -0.2) is 5.48 Å². The van der Waals surface area contributed by atoms with E-state index in [0.717, 1.165) is 64.2 Å². The van der Waals surface area contributed by atoms with Crippen LogP contribution in [0.2, 0.25) is 0 Å². The van der Waals surface area contributed by atoms with E-state index in [9.17, 15) is 4.79 Å². The molecule has 0 unspecified atom stereocenters. The average Bonchev–Trinajstić information content (AvgIpc) is 2.87. The van der Waals surface area contributed by atoms with Gasteiger partial charge in [0.15, 0.2) is 5.82 Å². The van der Waals surface area contributed by atoms with Crippen molar-refractivity contribution in [3.05, 3.63) is 24.3 Å². The van der Waals surface area contributed by atoms with E-state index in [2.05, 4.69) is 14.7 Å². The third-order valence-electron chi connectivity index (χ3n) is 5.98. The van der Waals surface area contributed by atoms with E-state index in [1.807, 2.05) is 24.3 Å². The second-order valence-corrected chi connectivity index (χ2v) is 8.30. The highest BCUT2D eigenvalue weighted by atomic mass is 16.5. The monoisotopic (exact) mass is 456 g/mol. The van der Waals surface area contributed by atoms with Crippen LogP contribution in [0.25, 0.3) is 11.4 Å². The number of nitrogens with two attached hydrogens (primary N) is 1. The van der Waals surface area contributed by atoms with Crippen LogP contribution in [0, 0.1) is 0 Å². The van der Waals surface area contributed by atoms with Gasteiger partial charge < -0.3 is 20.3 Å². The fourth-order valence-electron chi connectivity index (χ4n) is 4.01. The van der Waals surface area contributed by atoms with Crippen molar-refractivity contribution in [1.29, 1.82) is 0 Å². The third-order valence-corrected chi connectivity index (χ3v) is 5.98. The Morgan fingerprint density at radius 2 is 1.58 bits per heavy atom. The largest absolute Gasteiger partial charge is 0.399 e. The lowest BCUT2D eigenvalue weighted by atomic mass is 10.2. The van der Waals surface area contributed by atoms with Crippen LogP contribution in [0.15, 0.2) is 24.3 Å². The maximum Gasteiger partial charge on any atom is 0.243 e. The first-order chi connectivity index (χ1) is 16.1. The predicted octanol–water partition coefficient (Wildman–Crippen LogP) is 0.755. The zero-order valence-corrected chi connectivity index (χ0v) is 18.8. The van der Waals surface area contributed by atoms with Crippen molar-refractivity contribution in [2.24, 2.45) is 0 Å². The van der Waals surface area contributed by atoms with E-state index in [1.54, 1.807) is 5.48 Å². The highest BCUT2D eigenvalue weighted by Crippen LogP contribution is 2.23. The summed E-state index contributed by atoms with van der Waals surface area (Å²) in [7, 11) is 0. The molecule has 1 aromatic carbocycles. The molecule has 2 saturated heterocycles. The van der Waals surface area contributed by atoms with Gasteiger partial charge in [0, 0.05) is 56.9 Å². The number of anilines is 3. The van der Waals surface area contributed by atoms with E-state index in [1.165, 1.54) is 0 Å². The molecule has 2 aromatic rings. The van der Waals surface area contributed by atoms with Gasteiger partial charge in [-0.1, -0.05) is 0 Å². The number of nitrogens with zero attached hydrogens (tertiary/aromatic N) is 6. The lowest BCUT2D eigenvalue weighted by molar-refractivity contribution is -0.129. The van der Waals surface area contributed by atoms with Crippen LogP contribution in [0.4, 0.5) is 17.6 Å². The van der Waals surface area contributed by atoms with Gasteiger partial charge in [-0.05, 0) is 43.7 Å². The maximum absolute atomic E-state index is 11.1. The zero-order valence-electron chi connectivity index (χ0n) is 18.8. The number of hydrogen-bond donors (Lipinski definition) is 3. The molecule has 178 valence electrons. The van der Waals surface area contributed by atoms with Crippen molar-refractivity contribution in [2.45, 2.75) is 19.3 Å². The number of aromatic nitrogens is 3. The zero-order chi connectivity index (χ0) is 23.0. The number of morpholine rings is 1. The average molecular weight is 457 g/mol. The fourth-order valence-corrected chi connectivity index (χ4v) is 4.01. The number of hydrogen-bond acceptors (Lipinski definition) is 10. The van der Waals surface area contributed by atoms with Crippen LogP contribution in [-0.4, -0.2) is 90.0 Å². The van der Waals surface area contributed by atoms with Crippen LogP contribution >= 0.6 is 0 Å². The molecular formula is C22H32N8O3. The van der Waals surface area contributed by atoms with Crippen molar-refractivity contribution in [3.63, 3.8) is 0 Å². The summed E-state index contributed by atoms with van der Waals surface area (Å²) < 4.78 is 5.49. The Bertz CT molecular complexity index is 912. The molecule has 11 heteroatoms. The molecule has 0 bridgehead atoms. The molecule has 0 atom stereocenters. The van der Waals surface area contributed by atoms with E-state index in [4.69, 9.17) is 30.6 Å². The number of nitrogen functional groups attached to an aromatic ring is 1. The van der Waals surface area contributed by atoms with Gasteiger partial charge >= 0.3 is 0 Å². The topological polar surface area (TPSA) is 133 Å². The molecule has 0 radical (unpaired) electrons. The Kier molecular flexibility index (Phi) is 7.87. The summed E-state index contributed by atoms with van der Waals surface area (Å²) in [6.07, 6.45) is 2.02. The summed E-state index contributed by atoms with van der Waals surface area (Å²) in [5.74, 6) is 1.69. The van der Waals surface area contributed by atoms with Gasteiger partial charge in [0.1, 0.15) is 0 Å². The molecule has 2 fully saturated rings. The second kappa shape index (κ2) is 11.2. The number of nitrogens with one attached hydrogen (secondary N) is 1. The van der Waals surface area contributed by atoms with Crippen LogP contribution < -0.4 is 21.0 Å². The SMILES string of the molecule is Nc1ccc(-c2nc(N3CCOCC3)nc(N3CCN(CCCCC(=O)NO)CC3)n2)cc1. The second-order valence-electron chi connectivity index (χ2n) is 8.30. The standard InChI is InChI=1S/C22H32N8O3/c23-18-6-4-17(5-7-18)20-24-21(26-22(25-20)30-13-15-33-16-14-30)29-11-9-28(10-12-29)8-2-1-3-19(31)27-32/h4-7,32H,1-3,8-16,23H2,(H,27,31). The van der Waals surface area contributed by atoms with E-state index >= 15 is 0 Å². The smallest absolute Gasteiger partial charge is 0.243 e. The van der Waals surface area contributed by atoms with E-state index in [-0.39, 0.29) is 5.91 Å². The number of carbonyl (C=O) groups is 1. The Labute approximate surface area is 193 Å². The summed E-state index contributed by atoms with van der Waals surface area (Å²) >= 11 is 0. The molecule has 3 heterocycles. The Morgan fingerprint density at radius 3 is 2.21 bits per heavy atom. The fraction of sp³-hybridized carbons (Fsp3) is 0.545. The number of benzene rings is 1. The van der Waals surface area contributed by atoms with Gasteiger partial charge in [0.25, 0.3) is 0 Å². The van der Waals surface area contributed by atoms with Crippen LogP contribution in [-0.2, 0) is 9.53 Å². The Hall–Kier alpha value is -3.02. The molecule has 2 aliphatic rings. The van der Waals surface area contributed by atoms with Gasteiger partial charge in [-0.2, -0.15) is 15.0 Å². The summed E-state index contributed by atoms with van der Waals surface area (Å²) in [6, 6.07) is 7.59.